The first-order valence-electron chi connectivity index (χ1n) is 11.3. The van der Waals surface area contributed by atoms with Crippen molar-refractivity contribution >= 4 is 17.4 Å². The molecule has 0 amide bonds. The van der Waals surface area contributed by atoms with Gasteiger partial charge < -0.3 is 15.3 Å². The highest BCUT2D eigenvalue weighted by atomic mass is 35.5. The van der Waals surface area contributed by atoms with Crippen LogP contribution in [0.25, 0.3) is 28.1 Å². The Morgan fingerprint density at radius 3 is 2.78 bits per heavy atom. The zero-order chi connectivity index (χ0) is 25.8. The van der Waals surface area contributed by atoms with Crippen molar-refractivity contribution in [3.05, 3.63) is 87.6 Å². The number of pyridine rings is 2. The number of hydrogen-bond donors (Lipinski definition) is 2. The Bertz CT molecular complexity index is 1710. The number of anilines is 1. The number of aromatic nitrogens is 8. The van der Waals surface area contributed by atoms with E-state index in [1.54, 1.807) is 16.7 Å². The zero-order valence-electron chi connectivity index (χ0n) is 19.2. The van der Waals surface area contributed by atoms with Crippen molar-refractivity contribution in [1.29, 1.82) is 0 Å². The lowest BCUT2D eigenvalue weighted by molar-refractivity contribution is 0.449. The largest absolute Gasteiger partial charge is 0.384 e. The molecular formula is C24H18ClF2N9O. The number of nitrogens with zero attached hydrogens (tertiary/aromatic N) is 7. The molecule has 2 atom stereocenters. The van der Waals surface area contributed by atoms with Crippen molar-refractivity contribution in [1.82, 2.24) is 39.7 Å². The van der Waals surface area contributed by atoms with Crippen LogP contribution in [0.15, 0.2) is 53.7 Å². The minimum absolute atomic E-state index is 0.0282. The SMILES string of the molecule is C[C@H]1Cc2cc(-c3c(-n4cnnn4)ccc(Cl)c3F)cc(=O)n2[C@@H]1c1ncc(-c2ccc(N)nc2F)[nH]1. The predicted octanol–water partition coefficient (Wildman–Crippen LogP) is 3.57. The van der Waals surface area contributed by atoms with Crippen LogP contribution in [0.1, 0.15) is 24.5 Å². The predicted molar refractivity (Wildman–Crippen MR) is 131 cm³/mol. The highest BCUT2D eigenvalue weighted by Crippen LogP contribution is 2.38. The monoisotopic (exact) mass is 521 g/mol. The van der Waals surface area contributed by atoms with Gasteiger partial charge in [0.05, 0.1) is 34.2 Å². The molecule has 3 N–H and O–H groups in total. The van der Waals surface area contributed by atoms with Gasteiger partial charge in [-0.15, -0.1) is 5.10 Å². The Hall–Kier alpha value is -4.45. The number of nitrogens with two attached hydrogens (primary N) is 1. The summed E-state index contributed by atoms with van der Waals surface area (Å²) in [5.41, 5.74) is 7.34. The maximum atomic E-state index is 15.3. The molecule has 0 aliphatic carbocycles. The summed E-state index contributed by atoms with van der Waals surface area (Å²) in [4.78, 5) is 24.6. The van der Waals surface area contributed by atoms with Gasteiger partial charge in [0.2, 0.25) is 5.95 Å². The third-order valence-corrected chi connectivity index (χ3v) is 6.78. The third kappa shape index (κ3) is 3.76. The fourth-order valence-corrected chi connectivity index (χ4v) is 5.05. The van der Waals surface area contributed by atoms with Crippen LogP contribution in [-0.4, -0.2) is 39.7 Å². The van der Waals surface area contributed by atoms with Crippen LogP contribution >= 0.6 is 11.6 Å². The molecule has 4 aromatic heterocycles. The smallest absolute Gasteiger partial charge is 0.252 e. The summed E-state index contributed by atoms with van der Waals surface area (Å²) in [6.45, 7) is 1.98. The summed E-state index contributed by atoms with van der Waals surface area (Å²) >= 11 is 6.08. The molecule has 37 heavy (non-hydrogen) atoms. The molecule has 0 unspecified atom stereocenters. The quantitative estimate of drug-likeness (QED) is 0.345. The number of tetrazole rings is 1. The summed E-state index contributed by atoms with van der Waals surface area (Å²) in [5, 5.41) is 11.0. The molecule has 0 spiro atoms. The summed E-state index contributed by atoms with van der Waals surface area (Å²) in [5.74, 6) is -0.869. The number of H-pyrrole nitrogens is 1. The second-order valence-electron chi connectivity index (χ2n) is 8.84. The highest BCUT2D eigenvalue weighted by molar-refractivity contribution is 6.31. The van der Waals surface area contributed by atoms with Crippen LogP contribution in [0.3, 0.4) is 0 Å². The van der Waals surface area contributed by atoms with Gasteiger partial charge >= 0.3 is 0 Å². The molecular weight excluding hydrogens is 504 g/mol. The number of hydrogen-bond acceptors (Lipinski definition) is 7. The van der Waals surface area contributed by atoms with Gasteiger partial charge in [0.25, 0.3) is 5.56 Å². The molecule has 5 aromatic rings. The van der Waals surface area contributed by atoms with E-state index in [9.17, 15) is 9.18 Å². The second-order valence-corrected chi connectivity index (χ2v) is 9.24. The van der Waals surface area contributed by atoms with Crippen LogP contribution in [0.4, 0.5) is 14.6 Å². The number of rotatable bonds is 4. The van der Waals surface area contributed by atoms with E-state index >= 15 is 4.39 Å². The van der Waals surface area contributed by atoms with Gasteiger partial charge in [0.15, 0.2) is 5.82 Å². The van der Waals surface area contributed by atoms with E-state index in [0.29, 0.717) is 34.9 Å². The van der Waals surface area contributed by atoms with Gasteiger partial charge in [-0.3, -0.25) is 4.79 Å². The van der Waals surface area contributed by atoms with E-state index in [-0.39, 0.29) is 33.4 Å². The second kappa shape index (κ2) is 8.59. The Labute approximate surface area is 212 Å². The Morgan fingerprint density at radius 2 is 2.03 bits per heavy atom. The molecule has 5 heterocycles. The lowest BCUT2D eigenvalue weighted by Crippen LogP contribution is -2.26. The topological polar surface area (TPSA) is 133 Å². The molecule has 0 fully saturated rings. The zero-order valence-corrected chi connectivity index (χ0v) is 20.0. The van der Waals surface area contributed by atoms with Gasteiger partial charge in [-0.25, -0.2) is 14.4 Å². The number of nitrogens with one attached hydrogen (secondary N) is 1. The van der Waals surface area contributed by atoms with Gasteiger partial charge in [-0.2, -0.15) is 9.07 Å². The fraction of sp³-hybridized carbons (Fsp3) is 0.167. The number of benzene rings is 1. The van der Waals surface area contributed by atoms with E-state index < -0.39 is 17.8 Å². The van der Waals surface area contributed by atoms with Gasteiger partial charge in [0.1, 0.15) is 18.0 Å². The number of aromatic amines is 1. The molecule has 0 bridgehead atoms. The van der Waals surface area contributed by atoms with E-state index in [0.717, 1.165) is 0 Å². The van der Waals surface area contributed by atoms with Crippen molar-refractivity contribution in [3.8, 4) is 28.1 Å². The molecule has 1 aliphatic heterocycles. The first-order chi connectivity index (χ1) is 17.8. The first kappa shape index (κ1) is 23.0. The minimum Gasteiger partial charge on any atom is -0.384 e. The van der Waals surface area contributed by atoms with E-state index in [4.69, 9.17) is 17.3 Å². The maximum absolute atomic E-state index is 15.3. The van der Waals surface area contributed by atoms with Gasteiger partial charge in [-0.1, -0.05) is 18.5 Å². The molecule has 186 valence electrons. The summed E-state index contributed by atoms with van der Waals surface area (Å²) in [7, 11) is 0. The fourth-order valence-electron chi connectivity index (χ4n) is 4.89. The van der Waals surface area contributed by atoms with Crippen LogP contribution in [0, 0.1) is 17.7 Å². The molecule has 0 radical (unpaired) electrons. The minimum atomic E-state index is -0.723. The first-order valence-corrected chi connectivity index (χ1v) is 11.6. The summed E-state index contributed by atoms with van der Waals surface area (Å²) in [6.07, 6.45) is 3.36. The number of nitrogen functional groups attached to an aromatic ring is 1. The van der Waals surface area contributed by atoms with Gasteiger partial charge in [0, 0.05) is 17.3 Å². The Kier molecular flexibility index (Phi) is 5.33. The standard InChI is InChI=1S/C24H18ClF2N9O/c1-11-6-13-7-12(20-17(35-10-30-33-34-35)4-3-15(25)21(20)26)8-19(37)36(13)22(11)24-29-9-16(31-24)14-2-5-18(28)32-23(14)27/h2-5,7-11,22H,6H2,1H3,(H2,28,32)(H,29,31)/t11-,22-/m0/s1. The van der Waals surface area contributed by atoms with E-state index in [1.165, 1.54) is 41.5 Å². The average molecular weight is 522 g/mol. The average Bonchev–Trinajstić information content (AvgIpc) is 3.60. The molecule has 0 saturated carbocycles. The lowest BCUT2D eigenvalue weighted by atomic mass is 10.00. The van der Waals surface area contributed by atoms with E-state index in [2.05, 4.69) is 30.5 Å². The highest BCUT2D eigenvalue weighted by Gasteiger charge is 2.34. The summed E-state index contributed by atoms with van der Waals surface area (Å²) in [6, 6.07) is 8.68. The van der Waals surface area contributed by atoms with Crippen molar-refractivity contribution in [2.24, 2.45) is 5.92 Å². The van der Waals surface area contributed by atoms with Crippen molar-refractivity contribution in [2.75, 3.05) is 5.73 Å². The normalized spacial score (nSPS) is 16.8. The lowest BCUT2D eigenvalue weighted by Gasteiger charge is -2.17. The molecule has 1 aromatic carbocycles. The molecule has 1 aliphatic rings. The number of halogens is 3. The summed E-state index contributed by atoms with van der Waals surface area (Å²) < 4.78 is 32.6. The van der Waals surface area contributed by atoms with Crippen molar-refractivity contribution in [3.63, 3.8) is 0 Å². The maximum Gasteiger partial charge on any atom is 0.252 e. The molecule has 10 nitrogen and oxygen atoms in total. The third-order valence-electron chi connectivity index (χ3n) is 6.49. The molecule has 13 heteroatoms. The molecule has 6 rings (SSSR count). The Balaban J connectivity index is 1.44. The van der Waals surface area contributed by atoms with Gasteiger partial charge in [-0.05, 0) is 58.7 Å². The number of imidazole rings is 1. The van der Waals surface area contributed by atoms with Crippen LogP contribution in [0.5, 0.6) is 0 Å². The van der Waals surface area contributed by atoms with Crippen molar-refractivity contribution < 1.29 is 8.78 Å². The Morgan fingerprint density at radius 1 is 1.19 bits per heavy atom. The van der Waals surface area contributed by atoms with Crippen LogP contribution < -0.4 is 11.3 Å². The van der Waals surface area contributed by atoms with Crippen LogP contribution in [-0.2, 0) is 6.42 Å². The molecule has 0 saturated heterocycles. The van der Waals surface area contributed by atoms with E-state index in [1.807, 2.05) is 6.92 Å². The number of fused-ring (bicyclic) bond motifs is 1. The van der Waals surface area contributed by atoms with Crippen molar-refractivity contribution in [2.45, 2.75) is 19.4 Å². The van der Waals surface area contributed by atoms with Crippen LogP contribution in [0.2, 0.25) is 5.02 Å².